The molecule has 0 unspecified atom stereocenters. The summed E-state index contributed by atoms with van der Waals surface area (Å²) < 4.78 is 4.95. The van der Waals surface area contributed by atoms with Gasteiger partial charge in [0.1, 0.15) is 0 Å². The number of hydrogen-bond donors (Lipinski definition) is 0. The summed E-state index contributed by atoms with van der Waals surface area (Å²) >= 11 is 0. The van der Waals surface area contributed by atoms with Crippen molar-refractivity contribution in [3.05, 3.63) is 29.6 Å². The van der Waals surface area contributed by atoms with E-state index in [0.29, 0.717) is 19.5 Å². The largest absolute Gasteiger partial charge is 0.469 e. The van der Waals surface area contributed by atoms with Crippen LogP contribution in [0.4, 0.5) is 0 Å². The number of carbonyl (C=O) groups is 2. The van der Waals surface area contributed by atoms with E-state index in [1.165, 1.54) is 7.11 Å². The highest BCUT2D eigenvalue weighted by Gasteiger charge is 2.49. The molecule has 0 saturated carbocycles. The van der Waals surface area contributed by atoms with Crippen LogP contribution < -0.4 is 0 Å². The Morgan fingerprint density at radius 3 is 2.92 bits per heavy atom. The maximum atomic E-state index is 12.7. The second kappa shape index (κ2) is 6.89. The number of aromatic nitrogens is 1. The van der Waals surface area contributed by atoms with Gasteiger partial charge in [-0.25, -0.2) is 0 Å². The van der Waals surface area contributed by atoms with Crippen molar-refractivity contribution in [2.75, 3.05) is 20.2 Å². The molecule has 0 aliphatic carbocycles. The molecule has 1 amide bonds. The van der Waals surface area contributed by atoms with Crippen molar-refractivity contribution < 1.29 is 14.3 Å². The third-order valence-electron chi connectivity index (χ3n) is 5.27. The molecule has 1 aromatic rings. The number of esters is 1. The van der Waals surface area contributed by atoms with Crippen LogP contribution in [0, 0.1) is 12.8 Å². The lowest BCUT2D eigenvalue weighted by atomic mass is 9.97. The summed E-state index contributed by atoms with van der Waals surface area (Å²) in [6.45, 7) is 5.90. The number of rotatable bonds is 4. The van der Waals surface area contributed by atoms with Gasteiger partial charge < -0.3 is 9.64 Å². The molecule has 3 atom stereocenters. The molecule has 0 spiro atoms. The van der Waals surface area contributed by atoms with Gasteiger partial charge >= 0.3 is 5.97 Å². The van der Waals surface area contributed by atoms with E-state index in [1.54, 1.807) is 6.20 Å². The minimum absolute atomic E-state index is 0.0336. The number of pyridine rings is 1. The van der Waals surface area contributed by atoms with Crippen LogP contribution in [0.5, 0.6) is 0 Å². The Morgan fingerprint density at radius 1 is 1.46 bits per heavy atom. The molecule has 2 fully saturated rings. The van der Waals surface area contributed by atoms with Gasteiger partial charge in [-0.3, -0.25) is 19.5 Å². The molecule has 3 rings (SSSR count). The smallest absolute Gasteiger partial charge is 0.310 e. The van der Waals surface area contributed by atoms with Gasteiger partial charge in [0.05, 0.1) is 25.3 Å². The lowest BCUT2D eigenvalue weighted by molar-refractivity contribution is -0.147. The van der Waals surface area contributed by atoms with E-state index < -0.39 is 0 Å². The monoisotopic (exact) mass is 331 g/mol. The lowest BCUT2D eigenvalue weighted by Crippen LogP contribution is -2.56. The Kier molecular flexibility index (Phi) is 4.85. The van der Waals surface area contributed by atoms with Gasteiger partial charge in [-0.05, 0) is 31.4 Å². The zero-order valence-electron chi connectivity index (χ0n) is 14.6. The molecule has 130 valence electrons. The molecule has 3 heterocycles. The van der Waals surface area contributed by atoms with Crippen LogP contribution in [0.25, 0.3) is 0 Å². The van der Waals surface area contributed by atoms with Gasteiger partial charge in [0.15, 0.2) is 0 Å². The van der Waals surface area contributed by atoms with E-state index in [9.17, 15) is 9.59 Å². The number of piperazine rings is 1. The van der Waals surface area contributed by atoms with Crippen molar-refractivity contribution >= 4 is 11.9 Å². The minimum Gasteiger partial charge on any atom is -0.469 e. The Labute approximate surface area is 142 Å². The number of carbonyl (C=O) groups excluding carboxylic acids is 2. The van der Waals surface area contributed by atoms with Crippen LogP contribution in [0.2, 0.25) is 0 Å². The normalized spacial score (nSPS) is 27.2. The van der Waals surface area contributed by atoms with E-state index in [4.69, 9.17) is 4.74 Å². The number of methoxy groups -OCH3 is 1. The molecule has 2 aliphatic heterocycles. The van der Waals surface area contributed by atoms with Gasteiger partial charge in [0.2, 0.25) is 5.91 Å². The fraction of sp³-hybridized carbons (Fsp3) is 0.611. The van der Waals surface area contributed by atoms with Crippen LogP contribution in [0.1, 0.15) is 31.0 Å². The second-order valence-corrected chi connectivity index (χ2v) is 6.73. The van der Waals surface area contributed by atoms with Crippen LogP contribution in [0.15, 0.2) is 18.3 Å². The SMILES string of the molecule is CC[C@H]1[C@@H](C(=O)OC)C[C@H]2CN(Cc3ncccc3C)CC(=O)N21. The van der Waals surface area contributed by atoms with Crippen LogP contribution in [0.3, 0.4) is 0 Å². The summed E-state index contributed by atoms with van der Waals surface area (Å²) in [6.07, 6.45) is 3.26. The quantitative estimate of drug-likeness (QED) is 0.780. The minimum atomic E-state index is -0.203. The standard InChI is InChI=1S/C18H25N3O3/c1-4-16-14(18(23)24-3)8-13-9-20(11-17(22)21(13)16)10-15-12(2)6-5-7-19-15/h5-7,13-14,16H,4,8-11H2,1-3H3/t13-,14-,16-/m0/s1. The first kappa shape index (κ1) is 16.9. The topological polar surface area (TPSA) is 62.7 Å². The second-order valence-electron chi connectivity index (χ2n) is 6.73. The predicted molar refractivity (Wildman–Crippen MR) is 89.1 cm³/mol. The summed E-state index contributed by atoms with van der Waals surface area (Å²) in [5.41, 5.74) is 2.14. The summed E-state index contributed by atoms with van der Waals surface area (Å²) in [6, 6.07) is 4.01. The highest BCUT2D eigenvalue weighted by atomic mass is 16.5. The Morgan fingerprint density at radius 2 is 2.25 bits per heavy atom. The zero-order valence-corrected chi connectivity index (χ0v) is 14.6. The Hall–Kier alpha value is -1.95. The molecular formula is C18H25N3O3. The number of hydrogen-bond acceptors (Lipinski definition) is 5. The highest BCUT2D eigenvalue weighted by Crippen LogP contribution is 2.35. The Bertz CT molecular complexity index is 634. The number of amides is 1. The lowest BCUT2D eigenvalue weighted by Gasteiger charge is -2.39. The number of aryl methyl sites for hydroxylation is 1. The summed E-state index contributed by atoms with van der Waals surface area (Å²) in [5, 5.41) is 0. The van der Waals surface area contributed by atoms with Crippen molar-refractivity contribution in [2.24, 2.45) is 5.92 Å². The zero-order chi connectivity index (χ0) is 17.3. The van der Waals surface area contributed by atoms with Gasteiger partial charge in [-0.2, -0.15) is 0 Å². The highest BCUT2D eigenvalue weighted by molar-refractivity contribution is 5.82. The fourth-order valence-corrected chi connectivity index (χ4v) is 4.12. The van der Waals surface area contributed by atoms with Gasteiger partial charge in [0, 0.05) is 31.4 Å². The molecule has 2 aliphatic rings. The van der Waals surface area contributed by atoms with Crippen LogP contribution in [-0.2, 0) is 20.9 Å². The average molecular weight is 331 g/mol. The summed E-state index contributed by atoms with van der Waals surface area (Å²) in [4.78, 5) is 33.3. The predicted octanol–water partition coefficient (Wildman–Crippen LogP) is 1.37. The van der Waals surface area contributed by atoms with E-state index in [1.807, 2.05) is 30.9 Å². The summed E-state index contributed by atoms with van der Waals surface area (Å²) in [7, 11) is 1.42. The van der Waals surface area contributed by atoms with Gasteiger partial charge in [-0.1, -0.05) is 13.0 Å². The van der Waals surface area contributed by atoms with Crippen LogP contribution in [-0.4, -0.2) is 58.9 Å². The average Bonchev–Trinajstić information content (AvgIpc) is 2.95. The van der Waals surface area contributed by atoms with E-state index in [0.717, 1.165) is 24.2 Å². The van der Waals surface area contributed by atoms with Crippen molar-refractivity contribution in [1.82, 2.24) is 14.8 Å². The first-order valence-electron chi connectivity index (χ1n) is 8.57. The molecule has 1 aromatic heterocycles. The van der Waals surface area contributed by atoms with Gasteiger partial charge in [-0.15, -0.1) is 0 Å². The van der Waals surface area contributed by atoms with Crippen molar-refractivity contribution in [1.29, 1.82) is 0 Å². The maximum absolute atomic E-state index is 12.7. The molecule has 0 N–H and O–H groups in total. The van der Waals surface area contributed by atoms with Crippen LogP contribution >= 0.6 is 0 Å². The van der Waals surface area contributed by atoms with Gasteiger partial charge in [0.25, 0.3) is 0 Å². The van der Waals surface area contributed by atoms with Crippen molar-refractivity contribution in [3.63, 3.8) is 0 Å². The first-order valence-corrected chi connectivity index (χ1v) is 8.57. The van der Waals surface area contributed by atoms with E-state index in [2.05, 4.69) is 9.88 Å². The molecule has 2 saturated heterocycles. The molecule has 0 aromatic carbocycles. The number of fused-ring (bicyclic) bond motifs is 1. The van der Waals surface area contributed by atoms with E-state index in [-0.39, 0.29) is 29.9 Å². The number of nitrogens with zero attached hydrogens (tertiary/aromatic N) is 3. The number of ether oxygens (including phenoxy) is 1. The summed E-state index contributed by atoms with van der Waals surface area (Å²) in [5.74, 6) is -0.292. The third-order valence-corrected chi connectivity index (χ3v) is 5.27. The Balaban J connectivity index is 1.75. The molecule has 6 nitrogen and oxygen atoms in total. The molecular weight excluding hydrogens is 306 g/mol. The first-order chi connectivity index (χ1) is 11.5. The molecule has 0 bridgehead atoms. The fourth-order valence-electron chi connectivity index (χ4n) is 4.12. The van der Waals surface area contributed by atoms with Crippen molar-refractivity contribution in [3.8, 4) is 0 Å². The molecule has 0 radical (unpaired) electrons. The maximum Gasteiger partial charge on any atom is 0.310 e. The molecule has 6 heteroatoms. The third kappa shape index (κ3) is 3.02. The molecule has 24 heavy (non-hydrogen) atoms. The van der Waals surface area contributed by atoms with Crippen molar-refractivity contribution in [2.45, 2.75) is 45.3 Å². The van der Waals surface area contributed by atoms with E-state index >= 15 is 0 Å².